The van der Waals surface area contributed by atoms with Gasteiger partial charge < -0.3 is 15.5 Å². The third kappa shape index (κ3) is 3.47. The van der Waals surface area contributed by atoms with E-state index in [2.05, 4.69) is 59.1 Å². The maximum absolute atomic E-state index is 6.17. The zero-order valence-electron chi connectivity index (χ0n) is 11.9. The lowest BCUT2D eigenvalue weighted by molar-refractivity contribution is 0.150. The number of piperazine rings is 1. The summed E-state index contributed by atoms with van der Waals surface area (Å²) in [5, 5.41) is 0. The lowest BCUT2D eigenvalue weighted by Gasteiger charge is -2.41. The first kappa shape index (κ1) is 13.9. The fourth-order valence-corrected chi connectivity index (χ4v) is 2.47. The van der Waals surface area contributed by atoms with Crippen molar-refractivity contribution in [2.24, 2.45) is 10.7 Å². The summed E-state index contributed by atoms with van der Waals surface area (Å²) in [4.78, 5) is 9.06. The van der Waals surface area contributed by atoms with Crippen molar-refractivity contribution in [3.8, 4) is 0 Å². The van der Waals surface area contributed by atoms with E-state index in [9.17, 15) is 0 Å². The molecular weight excluding hydrogens is 236 g/mol. The molecule has 1 saturated heterocycles. The van der Waals surface area contributed by atoms with Gasteiger partial charge in [-0.3, -0.25) is 4.99 Å². The summed E-state index contributed by atoms with van der Waals surface area (Å²) in [6.07, 6.45) is 1.03. The van der Waals surface area contributed by atoms with E-state index in [-0.39, 0.29) is 0 Å². The number of nitrogens with zero attached hydrogens (tertiary/aromatic N) is 3. The van der Waals surface area contributed by atoms with Crippen LogP contribution in [0.1, 0.15) is 24.9 Å². The molecule has 1 fully saturated rings. The van der Waals surface area contributed by atoms with E-state index >= 15 is 0 Å². The molecule has 0 amide bonds. The fraction of sp³-hybridized carbons (Fsp3) is 0.533. The highest BCUT2D eigenvalue weighted by Gasteiger charge is 2.27. The second-order valence-corrected chi connectivity index (χ2v) is 5.12. The highest BCUT2D eigenvalue weighted by Crippen LogP contribution is 2.24. The maximum Gasteiger partial charge on any atom is 0.191 e. The van der Waals surface area contributed by atoms with E-state index in [1.54, 1.807) is 0 Å². The van der Waals surface area contributed by atoms with Gasteiger partial charge in [-0.1, -0.05) is 37.3 Å². The van der Waals surface area contributed by atoms with Crippen molar-refractivity contribution in [1.82, 2.24) is 9.80 Å². The van der Waals surface area contributed by atoms with Crippen molar-refractivity contribution in [2.75, 3.05) is 33.2 Å². The standard InChI is InChI=1S/C15H24N4/c1-3-9-17-15(16)19-11-10-18(2)12-14(19)13-7-5-4-6-8-13/h4-8,14H,3,9-12H2,1-2H3,(H2,16,17). The van der Waals surface area contributed by atoms with Gasteiger partial charge in [0, 0.05) is 26.2 Å². The number of rotatable bonds is 3. The van der Waals surface area contributed by atoms with E-state index in [0.29, 0.717) is 12.0 Å². The minimum absolute atomic E-state index is 0.306. The van der Waals surface area contributed by atoms with Gasteiger partial charge in [-0.25, -0.2) is 0 Å². The molecule has 4 nitrogen and oxygen atoms in total. The SMILES string of the molecule is CCCN=C(N)N1CCN(C)CC1c1ccccc1. The summed E-state index contributed by atoms with van der Waals surface area (Å²) < 4.78 is 0. The van der Waals surface area contributed by atoms with Crippen LogP contribution in [-0.2, 0) is 0 Å². The highest BCUT2D eigenvalue weighted by atomic mass is 15.3. The van der Waals surface area contributed by atoms with Gasteiger partial charge >= 0.3 is 0 Å². The summed E-state index contributed by atoms with van der Waals surface area (Å²) in [5.74, 6) is 0.684. The average molecular weight is 260 g/mol. The molecule has 1 atom stereocenters. The predicted octanol–water partition coefficient (Wildman–Crippen LogP) is 1.70. The molecule has 0 aliphatic carbocycles. The van der Waals surface area contributed by atoms with Gasteiger partial charge in [0.2, 0.25) is 0 Å². The van der Waals surface area contributed by atoms with Gasteiger partial charge in [-0.2, -0.15) is 0 Å². The summed E-state index contributed by atoms with van der Waals surface area (Å²) in [7, 11) is 2.16. The molecule has 1 aliphatic heterocycles. The number of hydrogen-bond acceptors (Lipinski definition) is 2. The number of hydrogen-bond donors (Lipinski definition) is 1. The Morgan fingerprint density at radius 3 is 2.74 bits per heavy atom. The van der Waals surface area contributed by atoms with Crippen LogP contribution in [0.4, 0.5) is 0 Å². The van der Waals surface area contributed by atoms with Crippen LogP contribution in [0, 0.1) is 0 Å². The molecule has 1 aromatic rings. The monoisotopic (exact) mass is 260 g/mol. The molecule has 0 aromatic heterocycles. The van der Waals surface area contributed by atoms with Crippen molar-refractivity contribution < 1.29 is 0 Å². The molecule has 1 aliphatic rings. The van der Waals surface area contributed by atoms with Gasteiger partial charge in [0.25, 0.3) is 0 Å². The van der Waals surface area contributed by atoms with E-state index in [1.807, 2.05) is 0 Å². The number of benzene rings is 1. The van der Waals surface area contributed by atoms with Gasteiger partial charge in [0.15, 0.2) is 5.96 Å². The van der Waals surface area contributed by atoms with Crippen LogP contribution in [0.2, 0.25) is 0 Å². The molecule has 104 valence electrons. The maximum atomic E-state index is 6.17. The summed E-state index contributed by atoms with van der Waals surface area (Å²) in [6, 6.07) is 10.9. The Kier molecular flexibility index (Phi) is 4.80. The first-order chi connectivity index (χ1) is 9.22. The Morgan fingerprint density at radius 1 is 1.32 bits per heavy atom. The smallest absolute Gasteiger partial charge is 0.191 e. The van der Waals surface area contributed by atoms with Gasteiger partial charge in [-0.05, 0) is 19.0 Å². The van der Waals surface area contributed by atoms with Crippen molar-refractivity contribution >= 4 is 5.96 Å². The Labute approximate surface area is 115 Å². The van der Waals surface area contributed by atoms with Crippen molar-refractivity contribution in [3.05, 3.63) is 35.9 Å². The summed E-state index contributed by atoms with van der Waals surface area (Å²) >= 11 is 0. The fourth-order valence-electron chi connectivity index (χ4n) is 2.47. The molecule has 1 aromatic carbocycles. The quantitative estimate of drug-likeness (QED) is 0.664. The van der Waals surface area contributed by atoms with Gasteiger partial charge in [0.1, 0.15) is 0 Å². The first-order valence-corrected chi connectivity index (χ1v) is 7.02. The highest BCUT2D eigenvalue weighted by molar-refractivity contribution is 5.78. The average Bonchev–Trinajstić information content (AvgIpc) is 2.45. The van der Waals surface area contributed by atoms with Crippen LogP contribution in [-0.4, -0.2) is 49.0 Å². The second-order valence-electron chi connectivity index (χ2n) is 5.12. The predicted molar refractivity (Wildman–Crippen MR) is 80.2 cm³/mol. The zero-order valence-corrected chi connectivity index (χ0v) is 11.9. The van der Waals surface area contributed by atoms with Crippen LogP contribution >= 0.6 is 0 Å². The van der Waals surface area contributed by atoms with Crippen LogP contribution in [0.15, 0.2) is 35.3 Å². The molecule has 0 bridgehead atoms. The molecule has 19 heavy (non-hydrogen) atoms. The van der Waals surface area contributed by atoms with E-state index in [1.165, 1.54) is 5.56 Å². The summed E-state index contributed by atoms with van der Waals surface area (Å²) in [5.41, 5.74) is 7.47. The van der Waals surface area contributed by atoms with E-state index in [4.69, 9.17) is 5.73 Å². The molecule has 2 N–H and O–H groups in total. The van der Waals surface area contributed by atoms with Gasteiger partial charge in [0.05, 0.1) is 6.04 Å². The van der Waals surface area contributed by atoms with E-state index < -0.39 is 0 Å². The zero-order chi connectivity index (χ0) is 13.7. The number of nitrogens with two attached hydrogens (primary N) is 1. The Bertz CT molecular complexity index is 415. The Hall–Kier alpha value is -1.55. The molecule has 0 saturated carbocycles. The van der Waals surface area contributed by atoms with Crippen molar-refractivity contribution in [3.63, 3.8) is 0 Å². The topological polar surface area (TPSA) is 44.9 Å². The minimum Gasteiger partial charge on any atom is -0.370 e. The Morgan fingerprint density at radius 2 is 2.05 bits per heavy atom. The van der Waals surface area contributed by atoms with Gasteiger partial charge in [-0.15, -0.1) is 0 Å². The lowest BCUT2D eigenvalue weighted by atomic mass is 10.0. The lowest BCUT2D eigenvalue weighted by Crippen LogP contribution is -2.51. The first-order valence-electron chi connectivity index (χ1n) is 7.02. The van der Waals surface area contributed by atoms with Crippen LogP contribution in [0.3, 0.4) is 0 Å². The van der Waals surface area contributed by atoms with Crippen LogP contribution in [0.5, 0.6) is 0 Å². The third-order valence-electron chi connectivity index (χ3n) is 3.56. The number of aliphatic imine (C=N–C) groups is 1. The van der Waals surface area contributed by atoms with Crippen molar-refractivity contribution in [1.29, 1.82) is 0 Å². The Balaban J connectivity index is 2.20. The third-order valence-corrected chi connectivity index (χ3v) is 3.56. The summed E-state index contributed by atoms with van der Waals surface area (Å²) in [6.45, 7) is 5.89. The number of likely N-dealkylation sites (N-methyl/N-ethyl adjacent to an activating group) is 1. The van der Waals surface area contributed by atoms with Crippen LogP contribution < -0.4 is 5.73 Å². The second kappa shape index (κ2) is 6.57. The largest absolute Gasteiger partial charge is 0.370 e. The minimum atomic E-state index is 0.306. The molecule has 2 rings (SSSR count). The molecule has 0 spiro atoms. The van der Waals surface area contributed by atoms with E-state index in [0.717, 1.165) is 32.6 Å². The van der Waals surface area contributed by atoms with Crippen molar-refractivity contribution in [2.45, 2.75) is 19.4 Å². The molecular formula is C15H24N4. The molecule has 1 unspecified atom stereocenters. The van der Waals surface area contributed by atoms with Crippen LogP contribution in [0.25, 0.3) is 0 Å². The molecule has 4 heteroatoms. The number of guanidine groups is 1. The molecule has 1 heterocycles. The molecule has 0 radical (unpaired) electrons. The normalized spacial score (nSPS) is 21.7.